The molecule has 2 aliphatic rings. The molecule has 5 heteroatoms. The third kappa shape index (κ3) is 3.53. The molecule has 1 N–H and O–H groups in total. The minimum atomic E-state index is -0.133. The minimum absolute atomic E-state index is 0.0289. The summed E-state index contributed by atoms with van der Waals surface area (Å²) in [6.45, 7) is 0.681. The topological polar surface area (TPSA) is 50.8 Å². The van der Waals surface area contributed by atoms with Crippen LogP contribution >= 0.6 is 0 Å². The molecule has 1 saturated carbocycles. The van der Waals surface area contributed by atoms with Gasteiger partial charge in [0.25, 0.3) is 0 Å². The molecule has 1 fully saturated rings. The average molecular weight is 380 g/mol. The van der Waals surface area contributed by atoms with Crippen LogP contribution in [0.4, 0.5) is 4.79 Å². The number of methoxy groups -OCH3 is 2. The van der Waals surface area contributed by atoms with Gasteiger partial charge >= 0.3 is 6.03 Å². The van der Waals surface area contributed by atoms with Gasteiger partial charge in [0.15, 0.2) is 11.5 Å². The molecule has 0 aromatic heterocycles. The van der Waals surface area contributed by atoms with Gasteiger partial charge in [-0.25, -0.2) is 4.79 Å². The second-order valence-electron chi connectivity index (χ2n) is 7.59. The van der Waals surface area contributed by atoms with Crippen molar-refractivity contribution in [3.63, 3.8) is 0 Å². The molecule has 4 rings (SSSR count). The monoisotopic (exact) mass is 380 g/mol. The molecule has 2 aromatic carbocycles. The zero-order chi connectivity index (χ0) is 19.5. The van der Waals surface area contributed by atoms with E-state index in [1.807, 2.05) is 29.2 Å². The second-order valence-corrected chi connectivity index (χ2v) is 7.59. The Kier molecular flexibility index (Phi) is 5.42. The van der Waals surface area contributed by atoms with E-state index in [0.717, 1.165) is 36.1 Å². The van der Waals surface area contributed by atoms with Crippen molar-refractivity contribution < 1.29 is 14.3 Å². The van der Waals surface area contributed by atoms with E-state index in [0.29, 0.717) is 18.3 Å². The van der Waals surface area contributed by atoms with Gasteiger partial charge in [-0.15, -0.1) is 0 Å². The van der Waals surface area contributed by atoms with E-state index < -0.39 is 0 Å². The van der Waals surface area contributed by atoms with Gasteiger partial charge in [-0.05, 0) is 48.1 Å². The Morgan fingerprint density at radius 1 is 1.04 bits per heavy atom. The average Bonchev–Trinajstić information content (AvgIpc) is 3.25. The predicted molar refractivity (Wildman–Crippen MR) is 109 cm³/mol. The standard InChI is InChI=1S/C23H28N2O3/c1-27-20-14-17-12-13-25(23(26)24-18-10-6-7-11-18)22(16-8-4-3-5-9-16)19(17)15-21(20)28-2/h3-5,8-9,14-15,18,22H,6-7,10-13H2,1-2H3,(H,24,26). The number of fused-ring (bicyclic) bond motifs is 1. The van der Waals surface area contributed by atoms with Gasteiger partial charge in [0.05, 0.1) is 20.3 Å². The molecule has 2 amide bonds. The van der Waals surface area contributed by atoms with E-state index in [1.54, 1.807) is 14.2 Å². The molecule has 1 atom stereocenters. The van der Waals surface area contributed by atoms with Crippen LogP contribution in [0.15, 0.2) is 42.5 Å². The van der Waals surface area contributed by atoms with Crippen molar-refractivity contribution in [3.8, 4) is 11.5 Å². The van der Waals surface area contributed by atoms with E-state index in [4.69, 9.17) is 9.47 Å². The molecule has 0 spiro atoms. The fraction of sp³-hybridized carbons (Fsp3) is 0.435. The number of carbonyl (C=O) groups excluding carboxylic acids is 1. The molecule has 5 nitrogen and oxygen atoms in total. The number of hydrogen-bond donors (Lipinski definition) is 1. The predicted octanol–water partition coefficient (Wildman–Crippen LogP) is 4.30. The smallest absolute Gasteiger partial charge is 0.318 e. The highest BCUT2D eigenvalue weighted by molar-refractivity contribution is 5.76. The van der Waals surface area contributed by atoms with Gasteiger partial charge in [-0.2, -0.15) is 0 Å². The molecule has 0 saturated heterocycles. The number of nitrogens with one attached hydrogen (secondary N) is 1. The molecule has 2 aromatic rings. The maximum Gasteiger partial charge on any atom is 0.318 e. The van der Waals surface area contributed by atoms with E-state index in [9.17, 15) is 4.79 Å². The summed E-state index contributed by atoms with van der Waals surface area (Å²) in [7, 11) is 3.30. The SMILES string of the molecule is COc1cc2c(cc1OC)C(c1ccccc1)N(C(=O)NC1CCCC1)CC2. The normalized spacial score (nSPS) is 19.2. The Bertz CT molecular complexity index is 831. The second kappa shape index (κ2) is 8.13. The van der Waals surface area contributed by atoms with Crippen molar-refractivity contribution in [2.45, 2.75) is 44.2 Å². The summed E-state index contributed by atoms with van der Waals surface area (Å²) in [6, 6.07) is 14.5. The highest BCUT2D eigenvalue weighted by atomic mass is 16.5. The molecular formula is C23H28N2O3. The Morgan fingerprint density at radius 2 is 1.71 bits per heavy atom. The third-order valence-electron chi connectivity index (χ3n) is 5.93. The van der Waals surface area contributed by atoms with Gasteiger partial charge in [0.1, 0.15) is 0 Å². The lowest BCUT2D eigenvalue weighted by Gasteiger charge is -2.38. The number of ether oxygens (including phenoxy) is 2. The Balaban J connectivity index is 1.73. The van der Waals surface area contributed by atoms with Crippen molar-refractivity contribution in [2.75, 3.05) is 20.8 Å². The number of carbonyl (C=O) groups is 1. The molecule has 1 unspecified atom stereocenters. The van der Waals surface area contributed by atoms with Crippen LogP contribution in [0.2, 0.25) is 0 Å². The third-order valence-corrected chi connectivity index (χ3v) is 5.93. The van der Waals surface area contributed by atoms with Crippen molar-refractivity contribution in [1.82, 2.24) is 10.2 Å². The number of urea groups is 1. The van der Waals surface area contributed by atoms with Gasteiger partial charge in [-0.1, -0.05) is 43.2 Å². The molecular weight excluding hydrogens is 352 g/mol. The number of benzene rings is 2. The molecule has 0 bridgehead atoms. The van der Waals surface area contributed by atoms with Crippen LogP contribution in [-0.4, -0.2) is 37.7 Å². The number of amides is 2. The first-order valence-corrected chi connectivity index (χ1v) is 10.1. The molecule has 28 heavy (non-hydrogen) atoms. The maximum absolute atomic E-state index is 13.2. The zero-order valence-corrected chi connectivity index (χ0v) is 16.6. The lowest BCUT2D eigenvalue weighted by atomic mass is 9.88. The van der Waals surface area contributed by atoms with Gasteiger partial charge in [-0.3, -0.25) is 0 Å². The summed E-state index contributed by atoms with van der Waals surface area (Å²) in [5.41, 5.74) is 3.42. The zero-order valence-electron chi connectivity index (χ0n) is 16.6. The van der Waals surface area contributed by atoms with Crippen LogP contribution in [0, 0.1) is 0 Å². The largest absolute Gasteiger partial charge is 0.493 e. The number of rotatable bonds is 4. The molecule has 1 aliphatic carbocycles. The fourth-order valence-corrected chi connectivity index (χ4v) is 4.49. The minimum Gasteiger partial charge on any atom is -0.493 e. The Hall–Kier alpha value is -2.69. The summed E-state index contributed by atoms with van der Waals surface area (Å²) in [5.74, 6) is 1.43. The first-order valence-electron chi connectivity index (χ1n) is 10.1. The van der Waals surface area contributed by atoms with Crippen molar-refractivity contribution in [3.05, 3.63) is 59.2 Å². The summed E-state index contributed by atoms with van der Waals surface area (Å²) >= 11 is 0. The van der Waals surface area contributed by atoms with E-state index in [2.05, 4.69) is 23.5 Å². The van der Waals surface area contributed by atoms with Crippen LogP contribution in [0.5, 0.6) is 11.5 Å². The molecule has 1 aliphatic heterocycles. The quantitative estimate of drug-likeness (QED) is 0.860. The van der Waals surface area contributed by atoms with E-state index in [1.165, 1.54) is 18.4 Å². The van der Waals surface area contributed by atoms with Crippen LogP contribution in [0.3, 0.4) is 0 Å². The van der Waals surface area contributed by atoms with Crippen LogP contribution < -0.4 is 14.8 Å². The van der Waals surface area contributed by atoms with Gasteiger partial charge < -0.3 is 19.7 Å². The number of nitrogens with zero attached hydrogens (tertiary/aromatic N) is 1. The fourth-order valence-electron chi connectivity index (χ4n) is 4.49. The van der Waals surface area contributed by atoms with Crippen molar-refractivity contribution in [2.24, 2.45) is 0 Å². The molecule has 0 radical (unpaired) electrons. The first-order chi connectivity index (χ1) is 13.7. The summed E-state index contributed by atoms with van der Waals surface area (Å²) in [4.78, 5) is 15.2. The molecule has 1 heterocycles. The Labute approximate surface area is 166 Å². The van der Waals surface area contributed by atoms with Crippen molar-refractivity contribution in [1.29, 1.82) is 0 Å². The number of hydrogen-bond acceptors (Lipinski definition) is 3. The van der Waals surface area contributed by atoms with Crippen LogP contribution in [-0.2, 0) is 6.42 Å². The van der Waals surface area contributed by atoms with E-state index >= 15 is 0 Å². The maximum atomic E-state index is 13.2. The summed E-state index contributed by atoms with van der Waals surface area (Å²) < 4.78 is 11.0. The lowest BCUT2D eigenvalue weighted by Crippen LogP contribution is -2.48. The Morgan fingerprint density at radius 3 is 2.39 bits per heavy atom. The molecule has 148 valence electrons. The van der Waals surface area contributed by atoms with Crippen molar-refractivity contribution >= 4 is 6.03 Å². The first kappa shape index (κ1) is 18.7. The van der Waals surface area contributed by atoms with Crippen LogP contribution in [0.1, 0.15) is 48.4 Å². The summed E-state index contributed by atoms with van der Waals surface area (Å²) in [6.07, 6.45) is 5.37. The van der Waals surface area contributed by atoms with Crippen LogP contribution in [0.25, 0.3) is 0 Å². The van der Waals surface area contributed by atoms with Gasteiger partial charge in [0.2, 0.25) is 0 Å². The highest BCUT2D eigenvalue weighted by Gasteiger charge is 2.34. The summed E-state index contributed by atoms with van der Waals surface area (Å²) in [5, 5.41) is 3.26. The van der Waals surface area contributed by atoms with Gasteiger partial charge in [0, 0.05) is 12.6 Å². The highest BCUT2D eigenvalue weighted by Crippen LogP contribution is 2.41. The van der Waals surface area contributed by atoms with E-state index in [-0.39, 0.29) is 12.1 Å². The lowest BCUT2D eigenvalue weighted by molar-refractivity contribution is 0.176.